The van der Waals surface area contributed by atoms with Gasteiger partial charge in [0.2, 0.25) is 0 Å². The number of nitrogens with one attached hydrogen (secondary N) is 1. The standard InChI is InChI=1S/C13H18ClN3O2/c14-12-9-11(7-8-17(12)19)16-13(18)15-10-5-3-1-2-4-6-10/h7-10,19H,1-6H2,(H,15,18)/b16-11-. The number of rotatable bonds is 1. The Balaban J connectivity index is 2.01. The van der Waals surface area contributed by atoms with E-state index in [0.717, 1.165) is 30.4 Å². The molecule has 1 aliphatic carbocycles. The Kier molecular flexibility index (Phi) is 4.85. The summed E-state index contributed by atoms with van der Waals surface area (Å²) in [6, 6.07) is 2.84. The Labute approximate surface area is 116 Å². The first-order valence-electron chi connectivity index (χ1n) is 6.58. The number of urea groups is 1. The molecule has 19 heavy (non-hydrogen) atoms. The van der Waals surface area contributed by atoms with E-state index in [1.54, 1.807) is 0 Å². The van der Waals surface area contributed by atoms with Crippen LogP contribution in [0, 0.1) is 0 Å². The van der Waals surface area contributed by atoms with Crippen molar-refractivity contribution in [1.82, 2.24) is 10.0 Å². The van der Waals surface area contributed by atoms with Crippen molar-refractivity contribution < 1.29 is 10.0 Å². The minimum atomic E-state index is -0.348. The van der Waals surface area contributed by atoms with Crippen LogP contribution in [0.3, 0.4) is 0 Å². The number of hydrogen-bond donors (Lipinski definition) is 2. The molecule has 2 amide bonds. The first kappa shape index (κ1) is 13.9. The molecule has 1 aromatic rings. The van der Waals surface area contributed by atoms with Crippen LogP contribution in [0.25, 0.3) is 0 Å². The van der Waals surface area contributed by atoms with E-state index in [9.17, 15) is 10.0 Å². The Morgan fingerprint density at radius 1 is 1.37 bits per heavy atom. The summed E-state index contributed by atoms with van der Waals surface area (Å²) in [5, 5.41) is 12.7. The van der Waals surface area contributed by atoms with Gasteiger partial charge in [-0.2, -0.15) is 9.72 Å². The number of carbonyl (C=O) groups excluding carboxylic acids is 1. The minimum Gasteiger partial charge on any atom is -0.428 e. The monoisotopic (exact) mass is 283 g/mol. The molecule has 1 fully saturated rings. The second-order valence-electron chi connectivity index (χ2n) is 4.80. The van der Waals surface area contributed by atoms with Crippen LogP contribution < -0.4 is 10.7 Å². The molecule has 1 heterocycles. The summed E-state index contributed by atoms with van der Waals surface area (Å²) in [6.45, 7) is 0. The molecule has 6 heteroatoms. The third-order valence-electron chi connectivity index (χ3n) is 3.29. The maximum atomic E-state index is 11.8. The molecule has 1 aliphatic rings. The van der Waals surface area contributed by atoms with Crippen molar-refractivity contribution in [1.29, 1.82) is 0 Å². The lowest BCUT2D eigenvalue weighted by Gasteiger charge is -2.13. The van der Waals surface area contributed by atoms with Gasteiger partial charge < -0.3 is 10.5 Å². The van der Waals surface area contributed by atoms with Crippen molar-refractivity contribution in [2.45, 2.75) is 44.6 Å². The molecule has 0 spiro atoms. The maximum Gasteiger partial charge on any atom is 0.341 e. The Morgan fingerprint density at radius 3 is 2.68 bits per heavy atom. The number of halogens is 1. The van der Waals surface area contributed by atoms with E-state index in [1.165, 1.54) is 31.2 Å². The van der Waals surface area contributed by atoms with Gasteiger partial charge in [0.05, 0.1) is 5.36 Å². The number of carbonyl (C=O) groups is 1. The number of hydrogen-bond acceptors (Lipinski definition) is 2. The van der Waals surface area contributed by atoms with Gasteiger partial charge in [-0.1, -0.05) is 37.3 Å². The van der Waals surface area contributed by atoms with Crippen molar-refractivity contribution in [2.75, 3.05) is 0 Å². The van der Waals surface area contributed by atoms with Crippen LogP contribution >= 0.6 is 11.6 Å². The molecule has 104 valence electrons. The van der Waals surface area contributed by atoms with Gasteiger partial charge >= 0.3 is 6.03 Å². The van der Waals surface area contributed by atoms with Crippen molar-refractivity contribution in [3.8, 4) is 0 Å². The lowest BCUT2D eigenvalue weighted by atomic mass is 10.1. The summed E-state index contributed by atoms with van der Waals surface area (Å²) in [5.41, 5.74) is 0. The van der Waals surface area contributed by atoms with Crippen molar-refractivity contribution >= 4 is 17.6 Å². The van der Waals surface area contributed by atoms with Crippen molar-refractivity contribution in [3.63, 3.8) is 0 Å². The molecule has 0 atom stereocenters. The van der Waals surface area contributed by atoms with E-state index in [-0.39, 0.29) is 17.2 Å². The molecule has 0 aliphatic heterocycles. The van der Waals surface area contributed by atoms with E-state index in [0.29, 0.717) is 5.36 Å². The molecule has 0 radical (unpaired) electrons. The van der Waals surface area contributed by atoms with Crippen LogP contribution in [0.1, 0.15) is 38.5 Å². The van der Waals surface area contributed by atoms with Gasteiger partial charge in [0, 0.05) is 18.3 Å². The van der Waals surface area contributed by atoms with Gasteiger partial charge in [-0.15, -0.1) is 0 Å². The fourth-order valence-corrected chi connectivity index (χ4v) is 2.44. The van der Waals surface area contributed by atoms with E-state index in [4.69, 9.17) is 11.6 Å². The summed E-state index contributed by atoms with van der Waals surface area (Å²) >= 11 is 5.73. The van der Waals surface area contributed by atoms with Gasteiger partial charge in [0.15, 0.2) is 0 Å². The van der Waals surface area contributed by atoms with Crippen LogP contribution in [0.4, 0.5) is 4.79 Å². The lowest BCUT2D eigenvalue weighted by molar-refractivity contribution is 0.185. The van der Waals surface area contributed by atoms with E-state index in [2.05, 4.69) is 10.3 Å². The number of nitrogens with zero attached hydrogens (tertiary/aromatic N) is 2. The van der Waals surface area contributed by atoms with E-state index >= 15 is 0 Å². The summed E-state index contributed by atoms with van der Waals surface area (Å²) in [5.74, 6) is 0. The summed E-state index contributed by atoms with van der Waals surface area (Å²) < 4.78 is 0.768. The van der Waals surface area contributed by atoms with Crippen LogP contribution in [0.15, 0.2) is 23.3 Å². The van der Waals surface area contributed by atoms with Gasteiger partial charge in [-0.25, -0.2) is 4.79 Å². The molecule has 0 aromatic carbocycles. The maximum absolute atomic E-state index is 11.8. The molecule has 0 unspecified atom stereocenters. The van der Waals surface area contributed by atoms with Gasteiger partial charge in [-0.05, 0) is 18.9 Å². The molecule has 1 aromatic heterocycles. The highest BCUT2D eigenvalue weighted by molar-refractivity contribution is 6.29. The number of pyridine rings is 1. The molecule has 2 rings (SSSR count). The second-order valence-corrected chi connectivity index (χ2v) is 5.19. The summed E-state index contributed by atoms with van der Waals surface area (Å²) in [4.78, 5) is 15.7. The fourth-order valence-electron chi connectivity index (χ4n) is 2.27. The highest BCUT2D eigenvalue weighted by atomic mass is 35.5. The fraction of sp³-hybridized carbons (Fsp3) is 0.538. The van der Waals surface area contributed by atoms with Gasteiger partial charge in [0.1, 0.15) is 5.15 Å². The first-order chi connectivity index (χ1) is 9.15. The Bertz CT molecular complexity index is 505. The molecule has 1 saturated carbocycles. The minimum absolute atomic E-state index is 0.114. The number of amides is 2. The zero-order valence-electron chi connectivity index (χ0n) is 10.7. The lowest BCUT2D eigenvalue weighted by Crippen LogP contribution is -2.33. The predicted octanol–water partition coefficient (Wildman–Crippen LogP) is 2.71. The summed E-state index contributed by atoms with van der Waals surface area (Å²) in [7, 11) is 0. The number of aromatic nitrogens is 1. The third-order valence-corrected chi connectivity index (χ3v) is 3.57. The zero-order chi connectivity index (χ0) is 13.7. The topological polar surface area (TPSA) is 66.6 Å². The average Bonchev–Trinajstić information content (AvgIpc) is 2.62. The zero-order valence-corrected chi connectivity index (χ0v) is 11.4. The Morgan fingerprint density at radius 2 is 2.05 bits per heavy atom. The summed E-state index contributed by atoms with van der Waals surface area (Å²) in [6.07, 6.45) is 8.20. The molecule has 0 saturated heterocycles. The molecule has 2 N–H and O–H groups in total. The van der Waals surface area contributed by atoms with E-state index in [1.807, 2.05) is 0 Å². The van der Waals surface area contributed by atoms with Crippen LogP contribution in [0.5, 0.6) is 0 Å². The molecular formula is C13H18ClN3O2. The first-order valence-corrected chi connectivity index (χ1v) is 6.95. The largest absolute Gasteiger partial charge is 0.428 e. The van der Waals surface area contributed by atoms with Crippen LogP contribution in [-0.4, -0.2) is 22.0 Å². The Hall–Kier alpha value is -1.49. The van der Waals surface area contributed by atoms with Gasteiger partial charge in [0.25, 0.3) is 0 Å². The average molecular weight is 284 g/mol. The predicted molar refractivity (Wildman–Crippen MR) is 72.2 cm³/mol. The second kappa shape index (κ2) is 6.61. The van der Waals surface area contributed by atoms with E-state index < -0.39 is 0 Å². The third kappa shape index (κ3) is 4.28. The van der Waals surface area contributed by atoms with Crippen molar-refractivity contribution in [2.24, 2.45) is 4.99 Å². The smallest absolute Gasteiger partial charge is 0.341 e. The normalized spacial score (nSPS) is 18.1. The van der Waals surface area contributed by atoms with Gasteiger partial charge in [-0.3, -0.25) is 0 Å². The molecule has 5 nitrogen and oxygen atoms in total. The van der Waals surface area contributed by atoms with Crippen LogP contribution in [-0.2, 0) is 0 Å². The highest BCUT2D eigenvalue weighted by Crippen LogP contribution is 2.17. The highest BCUT2D eigenvalue weighted by Gasteiger charge is 2.13. The quantitative estimate of drug-likeness (QED) is 0.473. The molecular weight excluding hydrogens is 266 g/mol. The molecule has 0 bridgehead atoms. The van der Waals surface area contributed by atoms with Crippen molar-refractivity contribution in [3.05, 3.63) is 28.8 Å². The SMILES string of the molecule is O=C(/N=c1/ccn(O)c(Cl)c1)NC1CCCCCC1. The van der Waals surface area contributed by atoms with Crippen LogP contribution in [0.2, 0.25) is 5.15 Å².